The van der Waals surface area contributed by atoms with Crippen LogP contribution in [0.15, 0.2) is 60.8 Å². The molecule has 0 atom stereocenters. The number of hydrogen-bond acceptors (Lipinski definition) is 6. The van der Waals surface area contributed by atoms with E-state index in [9.17, 15) is 27.6 Å². The van der Waals surface area contributed by atoms with E-state index in [2.05, 4.69) is 9.97 Å². The molecule has 0 aliphatic carbocycles. The highest BCUT2D eigenvalue weighted by Gasteiger charge is 2.28. The van der Waals surface area contributed by atoms with Crippen molar-refractivity contribution in [1.29, 1.82) is 5.26 Å². The fourth-order valence-corrected chi connectivity index (χ4v) is 4.18. The third kappa shape index (κ3) is 4.88. The van der Waals surface area contributed by atoms with Gasteiger partial charge in [0.2, 0.25) is 0 Å². The Labute approximate surface area is 214 Å². The lowest BCUT2D eigenvalue weighted by atomic mass is 10.0. The van der Waals surface area contributed by atoms with Crippen molar-refractivity contribution in [2.45, 2.75) is 0 Å². The van der Waals surface area contributed by atoms with Crippen LogP contribution in [0.25, 0.3) is 22.5 Å². The molecule has 0 saturated carbocycles. The first-order valence-corrected chi connectivity index (χ1v) is 11.5. The molecule has 0 spiro atoms. The minimum atomic E-state index is -1.05. The van der Waals surface area contributed by atoms with Crippen molar-refractivity contribution in [2.24, 2.45) is 0 Å². The number of halogens is 4. The maximum atomic E-state index is 14.1. The third-order valence-corrected chi connectivity index (χ3v) is 6.10. The summed E-state index contributed by atoms with van der Waals surface area (Å²) in [5.41, 5.74) is 1.28. The van der Waals surface area contributed by atoms with Crippen molar-refractivity contribution in [3.05, 3.63) is 95.5 Å². The van der Waals surface area contributed by atoms with Crippen LogP contribution in [0.5, 0.6) is 0 Å². The highest BCUT2D eigenvalue weighted by Crippen LogP contribution is 2.33. The van der Waals surface area contributed by atoms with Crippen molar-refractivity contribution in [2.75, 3.05) is 31.1 Å². The Balaban J connectivity index is 1.48. The summed E-state index contributed by atoms with van der Waals surface area (Å²) in [6.45, 7) is 0.818. The number of nitrogens with zero attached hydrogens (tertiary/aromatic N) is 6. The standard InChI is InChI=1S/C27H18F4N6O/c28-18-5-1-16(2-6-18)23-24(17-3-7-19(29)8-4-17)35-26(22(14-32)34-23)36-9-11-37(12-10-36)27(38)25-21(31)13-20(30)15-33-25/h1-8,13,15H,9-12H2. The smallest absolute Gasteiger partial charge is 0.275 e. The third-order valence-electron chi connectivity index (χ3n) is 6.10. The molecule has 1 saturated heterocycles. The van der Waals surface area contributed by atoms with Crippen molar-refractivity contribution in [3.8, 4) is 28.6 Å². The zero-order chi connectivity index (χ0) is 26.8. The van der Waals surface area contributed by atoms with E-state index in [1.807, 2.05) is 6.07 Å². The van der Waals surface area contributed by atoms with E-state index in [-0.39, 0.29) is 37.7 Å². The van der Waals surface area contributed by atoms with Gasteiger partial charge in [0.1, 0.15) is 23.5 Å². The lowest BCUT2D eigenvalue weighted by Crippen LogP contribution is -2.49. The van der Waals surface area contributed by atoms with Crippen LogP contribution >= 0.6 is 0 Å². The van der Waals surface area contributed by atoms with E-state index in [0.717, 1.165) is 6.20 Å². The number of rotatable bonds is 4. The quantitative estimate of drug-likeness (QED) is 0.367. The topological polar surface area (TPSA) is 86.0 Å². The molecular weight excluding hydrogens is 500 g/mol. The molecule has 0 bridgehead atoms. The second-order valence-electron chi connectivity index (χ2n) is 8.48. The Morgan fingerprint density at radius 2 is 1.34 bits per heavy atom. The molecule has 190 valence electrons. The molecule has 2 aromatic carbocycles. The summed E-state index contributed by atoms with van der Waals surface area (Å²) in [5, 5.41) is 9.87. The summed E-state index contributed by atoms with van der Waals surface area (Å²) in [7, 11) is 0. The SMILES string of the molecule is N#Cc1nc(-c2ccc(F)cc2)c(-c2ccc(F)cc2)nc1N1CCN(C(=O)c2ncc(F)cc2F)CC1. The van der Waals surface area contributed by atoms with Crippen molar-refractivity contribution < 1.29 is 22.4 Å². The number of carbonyl (C=O) groups excluding carboxylic acids is 1. The van der Waals surface area contributed by atoms with E-state index in [1.165, 1.54) is 53.4 Å². The van der Waals surface area contributed by atoms with Crippen LogP contribution in [0, 0.1) is 34.6 Å². The number of benzene rings is 2. The Morgan fingerprint density at radius 3 is 1.87 bits per heavy atom. The van der Waals surface area contributed by atoms with Gasteiger partial charge in [0, 0.05) is 43.4 Å². The Morgan fingerprint density at radius 1 is 0.789 bits per heavy atom. The van der Waals surface area contributed by atoms with E-state index >= 15 is 0 Å². The lowest BCUT2D eigenvalue weighted by molar-refractivity contribution is 0.0735. The number of carbonyl (C=O) groups is 1. The van der Waals surface area contributed by atoms with Crippen molar-refractivity contribution >= 4 is 11.7 Å². The molecule has 2 aromatic heterocycles. The van der Waals surface area contributed by atoms with Gasteiger partial charge >= 0.3 is 0 Å². The first-order chi connectivity index (χ1) is 18.3. The van der Waals surface area contributed by atoms with Crippen LogP contribution in [-0.2, 0) is 0 Å². The van der Waals surface area contributed by atoms with Crippen LogP contribution < -0.4 is 4.90 Å². The largest absolute Gasteiger partial charge is 0.351 e. The highest BCUT2D eigenvalue weighted by atomic mass is 19.1. The number of hydrogen-bond donors (Lipinski definition) is 0. The maximum Gasteiger partial charge on any atom is 0.275 e. The second kappa shape index (κ2) is 10.3. The van der Waals surface area contributed by atoms with Gasteiger partial charge in [0.05, 0.1) is 17.6 Å². The molecule has 38 heavy (non-hydrogen) atoms. The number of aromatic nitrogens is 3. The van der Waals surface area contributed by atoms with Gasteiger partial charge in [0.15, 0.2) is 23.0 Å². The second-order valence-corrected chi connectivity index (χ2v) is 8.48. The van der Waals surface area contributed by atoms with Crippen LogP contribution in [0.2, 0.25) is 0 Å². The van der Waals surface area contributed by atoms with E-state index < -0.39 is 34.9 Å². The molecule has 0 radical (unpaired) electrons. The van der Waals surface area contributed by atoms with Gasteiger partial charge in [-0.25, -0.2) is 32.5 Å². The average Bonchev–Trinajstić information content (AvgIpc) is 2.93. The Kier molecular flexibility index (Phi) is 6.70. The minimum absolute atomic E-state index is 0.0150. The zero-order valence-electron chi connectivity index (χ0n) is 19.7. The van der Waals surface area contributed by atoms with Gasteiger partial charge in [-0.2, -0.15) is 5.26 Å². The Hall–Kier alpha value is -4.85. The van der Waals surface area contributed by atoms with Crippen LogP contribution in [-0.4, -0.2) is 51.9 Å². The molecule has 1 fully saturated rings. The lowest BCUT2D eigenvalue weighted by Gasteiger charge is -2.35. The predicted molar refractivity (Wildman–Crippen MR) is 130 cm³/mol. The summed E-state index contributed by atoms with van der Waals surface area (Å²) < 4.78 is 54.4. The first-order valence-electron chi connectivity index (χ1n) is 11.5. The molecule has 1 aliphatic heterocycles. The van der Waals surface area contributed by atoms with Crippen LogP contribution in [0.1, 0.15) is 16.2 Å². The zero-order valence-corrected chi connectivity index (χ0v) is 19.7. The summed E-state index contributed by atoms with van der Waals surface area (Å²) >= 11 is 0. The van der Waals surface area contributed by atoms with Gasteiger partial charge in [-0.05, 0) is 48.5 Å². The molecule has 3 heterocycles. The van der Waals surface area contributed by atoms with Gasteiger partial charge < -0.3 is 9.80 Å². The Bertz CT molecular complexity index is 1550. The monoisotopic (exact) mass is 518 g/mol. The number of amides is 1. The number of piperazine rings is 1. The molecule has 0 unspecified atom stereocenters. The molecule has 0 N–H and O–H groups in total. The van der Waals surface area contributed by atoms with Crippen LogP contribution in [0.3, 0.4) is 0 Å². The molecule has 4 aromatic rings. The number of nitriles is 1. The number of pyridine rings is 1. The van der Waals surface area contributed by atoms with E-state index in [4.69, 9.17) is 4.98 Å². The summed E-state index contributed by atoms with van der Waals surface area (Å²) in [5.74, 6) is -3.22. The van der Waals surface area contributed by atoms with Gasteiger partial charge in [-0.15, -0.1) is 0 Å². The molecule has 7 nitrogen and oxygen atoms in total. The molecule has 5 rings (SSSR count). The van der Waals surface area contributed by atoms with Gasteiger partial charge in [0.25, 0.3) is 5.91 Å². The molecule has 1 amide bonds. The summed E-state index contributed by atoms with van der Waals surface area (Å²) in [6, 6.07) is 13.8. The fourth-order valence-electron chi connectivity index (χ4n) is 4.18. The molecule has 11 heteroatoms. The summed E-state index contributed by atoms with van der Waals surface area (Å²) in [4.78, 5) is 28.7. The fraction of sp³-hybridized carbons (Fsp3) is 0.148. The van der Waals surface area contributed by atoms with Crippen LogP contribution in [0.4, 0.5) is 23.4 Å². The van der Waals surface area contributed by atoms with E-state index in [0.29, 0.717) is 28.6 Å². The maximum absolute atomic E-state index is 14.1. The van der Waals surface area contributed by atoms with E-state index in [1.54, 1.807) is 4.90 Å². The predicted octanol–water partition coefficient (Wildman–Crippen LogP) is 4.60. The van der Waals surface area contributed by atoms with Gasteiger partial charge in [-0.1, -0.05) is 0 Å². The highest BCUT2D eigenvalue weighted by molar-refractivity contribution is 5.92. The van der Waals surface area contributed by atoms with Crippen molar-refractivity contribution in [3.63, 3.8) is 0 Å². The minimum Gasteiger partial charge on any atom is -0.351 e. The first kappa shape index (κ1) is 24.8. The van der Waals surface area contributed by atoms with Crippen molar-refractivity contribution in [1.82, 2.24) is 19.9 Å². The summed E-state index contributed by atoms with van der Waals surface area (Å²) in [6.07, 6.45) is 0.779. The molecular formula is C27H18F4N6O. The number of anilines is 1. The normalized spacial score (nSPS) is 13.3. The van der Waals surface area contributed by atoms with Gasteiger partial charge in [-0.3, -0.25) is 4.79 Å². The average molecular weight is 518 g/mol. The molecule has 1 aliphatic rings.